The van der Waals surface area contributed by atoms with E-state index in [2.05, 4.69) is 31.4 Å². The summed E-state index contributed by atoms with van der Waals surface area (Å²) in [5.74, 6) is 0.581. The minimum Gasteiger partial charge on any atom is -0.394 e. The lowest BCUT2D eigenvalue weighted by Gasteiger charge is -2.47. The molecule has 1 aliphatic heterocycles. The van der Waals surface area contributed by atoms with Gasteiger partial charge in [0.1, 0.15) is 0 Å². The zero-order valence-electron chi connectivity index (χ0n) is 14.3. The predicted octanol–water partition coefficient (Wildman–Crippen LogP) is 1.45. The molecule has 0 aromatic rings. The smallest absolute Gasteiger partial charge is 0.234 e. The third-order valence-corrected chi connectivity index (χ3v) is 4.97. The van der Waals surface area contributed by atoms with E-state index < -0.39 is 0 Å². The van der Waals surface area contributed by atoms with E-state index >= 15 is 0 Å². The second kappa shape index (κ2) is 7.28. The average Bonchev–Trinajstić information content (AvgIpc) is 2.44. The molecule has 0 bridgehead atoms. The summed E-state index contributed by atoms with van der Waals surface area (Å²) < 4.78 is 5.30. The Bertz CT molecular complexity index is 380. The monoisotopic (exact) mass is 312 g/mol. The van der Waals surface area contributed by atoms with Gasteiger partial charge in [0.05, 0.1) is 13.2 Å². The van der Waals surface area contributed by atoms with E-state index in [1.54, 1.807) is 0 Å². The summed E-state index contributed by atoms with van der Waals surface area (Å²) in [5, 5.41) is 16.4. The van der Waals surface area contributed by atoms with Gasteiger partial charge in [-0.05, 0) is 43.4 Å². The second-order valence-corrected chi connectivity index (χ2v) is 8.10. The summed E-state index contributed by atoms with van der Waals surface area (Å²) in [6, 6.07) is 0.231. The highest BCUT2D eigenvalue weighted by Gasteiger charge is 2.42. The molecular weight excluding hydrogens is 280 g/mol. The minimum atomic E-state index is -0.325. The van der Waals surface area contributed by atoms with E-state index in [0.717, 1.165) is 38.9 Å². The van der Waals surface area contributed by atoms with Crippen LogP contribution in [0.5, 0.6) is 0 Å². The molecule has 1 saturated heterocycles. The number of carbonyl (C=O) groups excluding carboxylic acids is 1. The Labute approximate surface area is 134 Å². The number of amides is 1. The minimum absolute atomic E-state index is 0.0238. The molecule has 1 saturated carbocycles. The Morgan fingerprint density at radius 3 is 2.55 bits per heavy atom. The van der Waals surface area contributed by atoms with Crippen molar-refractivity contribution >= 4 is 5.91 Å². The van der Waals surface area contributed by atoms with Crippen LogP contribution in [0.4, 0.5) is 0 Å². The molecule has 2 fully saturated rings. The highest BCUT2D eigenvalue weighted by Crippen LogP contribution is 2.43. The summed E-state index contributed by atoms with van der Waals surface area (Å²) in [4.78, 5) is 12.2. The molecule has 2 aliphatic rings. The van der Waals surface area contributed by atoms with Crippen molar-refractivity contribution < 1.29 is 14.6 Å². The van der Waals surface area contributed by atoms with Crippen molar-refractivity contribution in [2.45, 2.75) is 64.5 Å². The molecular formula is C17H32N2O3. The van der Waals surface area contributed by atoms with Gasteiger partial charge in [-0.1, -0.05) is 20.8 Å². The maximum atomic E-state index is 12.2. The lowest BCUT2D eigenvalue weighted by atomic mass is 9.64. The summed E-state index contributed by atoms with van der Waals surface area (Å²) in [6.07, 6.45) is 4.79. The summed E-state index contributed by atoms with van der Waals surface area (Å²) in [5.41, 5.74) is -0.126. The van der Waals surface area contributed by atoms with E-state index in [-0.39, 0.29) is 36.1 Å². The van der Waals surface area contributed by atoms with Gasteiger partial charge in [0.2, 0.25) is 5.91 Å². The van der Waals surface area contributed by atoms with Crippen LogP contribution in [-0.4, -0.2) is 49.0 Å². The molecule has 5 nitrogen and oxygen atoms in total. The largest absolute Gasteiger partial charge is 0.394 e. The summed E-state index contributed by atoms with van der Waals surface area (Å²) in [6.45, 7) is 8.55. The van der Waals surface area contributed by atoms with Crippen LogP contribution >= 0.6 is 0 Å². The van der Waals surface area contributed by atoms with Crippen molar-refractivity contribution in [3.63, 3.8) is 0 Å². The van der Waals surface area contributed by atoms with Crippen LogP contribution in [0.3, 0.4) is 0 Å². The maximum absolute atomic E-state index is 12.2. The number of hydrogen-bond acceptors (Lipinski definition) is 4. The van der Waals surface area contributed by atoms with E-state index in [1.165, 1.54) is 6.42 Å². The van der Waals surface area contributed by atoms with Gasteiger partial charge in [0.15, 0.2) is 0 Å². The molecule has 5 heteroatoms. The first-order chi connectivity index (χ1) is 10.3. The van der Waals surface area contributed by atoms with Gasteiger partial charge in [-0.25, -0.2) is 0 Å². The zero-order chi connectivity index (χ0) is 16.2. The van der Waals surface area contributed by atoms with E-state index in [1.807, 2.05) is 0 Å². The quantitative estimate of drug-likeness (QED) is 0.718. The Hall–Kier alpha value is -0.650. The molecule has 0 spiro atoms. The molecule has 128 valence electrons. The van der Waals surface area contributed by atoms with Crippen LogP contribution in [0.25, 0.3) is 0 Å². The van der Waals surface area contributed by atoms with Crippen molar-refractivity contribution in [2.24, 2.45) is 11.3 Å². The Morgan fingerprint density at radius 1 is 1.27 bits per heavy atom. The van der Waals surface area contributed by atoms with Gasteiger partial charge in [-0.15, -0.1) is 0 Å². The SMILES string of the molecule is CC1CC(C)(C)CC(CO)(NCC(=O)NC2CCOCC2)C1. The van der Waals surface area contributed by atoms with Crippen LogP contribution in [0, 0.1) is 11.3 Å². The van der Waals surface area contributed by atoms with Crippen molar-refractivity contribution in [3.8, 4) is 0 Å². The molecule has 0 aromatic heterocycles. The molecule has 2 atom stereocenters. The average molecular weight is 312 g/mol. The first-order valence-electron chi connectivity index (χ1n) is 8.57. The number of carbonyl (C=O) groups is 1. The van der Waals surface area contributed by atoms with Crippen molar-refractivity contribution in [1.82, 2.24) is 10.6 Å². The Kier molecular flexibility index (Phi) is 5.86. The third-order valence-electron chi connectivity index (χ3n) is 4.97. The number of aliphatic hydroxyl groups is 1. The number of aliphatic hydroxyl groups excluding tert-OH is 1. The third kappa shape index (κ3) is 4.93. The molecule has 1 aliphatic carbocycles. The van der Waals surface area contributed by atoms with E-state index in [4.69, 9.17) is 4.74 Å². The van der Waals surface area contributed by atoms with Crippen molar-refractivity contribution in [3.05, 3.63) is 0 Å². The first kappa shape index (κ1) is 17.7. The number of rotatable bonds is 5. The van der Waals surface area contributed by atoms with Gasteiger partial charge < -0.3 is 20.5 Å². The molecule has 1 heterocycles. The Morgan fingerprint density at radius 2 is 1.95 bits per heavy atom. The Balaban J connectivity index is 1.85. The van der Waals surface area contributed by atoms with Crippen LogP contribution in [0.2, 0.25) is 0 Å². The fourth-order valence-electron chi connectivity index (χ4n) is 4.44. The number of ether oxygens (including phenoxy) is 1. The lowest BCUT2D eigenvalue weighted by molar-refractivity contribution is -0.122. The molecule has 1 amide bonds. The normalized spacial score (nSPS) is 32.6. The second-order valence-electron chi connectivity index (χ2n) is 8.10. The predicted molar refractivity (Wildman–Crippen MR) is 86.6 cm³/mol. The van der Waals surface area contributed by atoms with Gasteiger partial charge in [-0.3, -0.25) is 4.79 Å². The van der Waals surface area contributed by atoms with E-state index in [0.29, 0.717) is 5.92 Å². The van der Waals surface area contributed by atoms with Gasteiger partial charge in [-0.2, -0.15) is 0 Å². The first-order valence-corrected chi connectivity index (χ1v) is 8.57. The lowest BCUT2D eigenvalue weighted by Crippen LogP contribution is -2.57. The summed E-state index contributed by atoms with van der Waals surface area (Å²) >= 11 is 0. The van der Waals surface area contributed by atoms with Crippen LogP contribution < -0.4 is 10.6 Å². The topological polar surface area (TPSA) is 70.6 Å². The summed E-state index contributed by atoms with van der Waals surface area (Å²) in [7, 11) is 0. The standard InChI is InChI=1S/C17H32N2O3/c1-13-8-16(2,3)11-17(9-13,12-20)18-10-15(21)19-14-4-6-22-7-5-14/h13-14,18,20H,4-12H2,1-3H3,(H,19,21). The molecule has 2 rings (SSSR count). The van der Waals surface area contributed by atoms with Crippen molar-refractivity contribution in [1.29, 1.82) is 0 Å². The zero-order valence-corrected chi connectivity index (χ0v) is 14.3. The molecule has 0 aromatic carbocycles. The van der Waals surface area contributed by atoms with Gasteiger partial charge in [0, 0.05) is 24.8 Å². The number of hydrogen-bond donors (Lipinski definition) is 3. The fraction of sp³-hybridized carbons (Fsp3) is 0.941. The van der Waals surface area contributed by atoms with Crippen molar-refractivity contribution in [2.75, 3.05) is 26.4 Å². The molecule has 22 heavy (non-hydrogen) atoms. The molecule has 0 radical (unpaired) electrons. The van der Waals surface area contributed by atoms with Gasteiger partial charge >= 0.3 is 0 Å². The highest BCUT2D eigenvalue weighted by atomic mass is 16.5. The molecule has 2 unspecified atom stereocenters. The van der Waals surface area contributed by atoms with Crippen LogP contribution in [0.1, 0.15) is 52.9 Å². The van der Waals surface area contributed by atoms with Crippen LogP contribution in [0.15, 0.2) is 0 Å². The number of nitrogens with one attached hydrogen (secondary N) is 2. The van der Waals surface area contributed by atoms with Gasteiger partial charge in [0.25, 0.3) is 0 Å². The van der Waals surface area contributed by atoms with E-state index in [9.17, 15) is 9.90 Å². The molecule has 3 N–H and O–H groups in total. The maximum Gasteiger partial charge on any atom is 0.234 e. The van der Waals surface area contributed by atoms with Crippen LogP contribution in [-0.2, 0) is 9.53 Å². The highest BCUT2D eigenvalue weighted by molar-refractivity contribution is 5.78. The fourth-order valence-corrected chi connectivity index (χ4v) is 4.44.